The fourth-order valence-electron chi connectivity index (χ4n) is 2.49. The van der Waals surface area contributed by atoms with E-state index < -0.39 is 0 Å². The molecule has 0 aromatic heterocycles. The molecule has 1 aromatic rings. The number of rotatable bonds is 5. The second kappa shape index (κ2) is 6.76. The average Bonchev–Trinajstić information content (AvgIpc) is 2.88. The van der Waals surface area contributed by atoms with Crippen molar-refractivity contribution in [2.24, 2.45) is 0 Å². The van der Waals surface area contributed by atoms with Crippen molar-refractivity contribution in [3.05, 3.63) is 33.8 Å². The van der Waals surface area contributed by atoms with Crippen LogP contribution in [-0.2, 0) is 4.74 Å². The number of ether oxygens (including phenoxy) is 1. The summed E-state index contributed by atoms with van der Waals surface area (Å²) in [6.07, 6.45) is 2.06. The maximum Gasteiger partial charge on any atom is 0.252 e. The standard InChI is InChI=1S/C14H18Cl2N2O2/c1-20-9-14(5-2-6-18-14)8-17-13(19)11-7-10(15)3-4-12(11)16/h3-4,7,18H,2,5-6,8-9H2,1H3,(H,17,19). The predicted molar refractivity (Wildman–Crippen MR) is 80.6 cm³/mol. The monoisotopic (exact) mass is 316 g/mol. The zero-order chi connectivity index (χ0) is 14.6. The van der Waals surface area contributed by atoms with Crippen LogP contribution in [0.3, 0.4) is 0 Å². The number of carbonyl (C=O) groups excluding carboxylic acids is 1. The van der Waals surface area contributed by atoms with Crippen molar-refractivity contribution in [3.8, 4) is 0 Å². The largest absolute Gasteiger partial charge is 0.383 e. The van der Waals surface area contributed by atoms with E-state index in [0.717, 1.165) is 19.4 Å². The highest BCUT2D eigenvalue weighted by Gasteiger charge is 2.33. The Morgan fingerprint density at radius 2 is 2.30 bits per heavy atom. The molecule has 1 aromatic carbocycles. The summed E-state index contributed by atoms with van der Waals surface area (Å²) in [5.74, 6) is -0.221. The number of methoxy groups -OCH3 is 1. The molecule has 1 amide bonds. The highest BCUT2D eigenvalue weighted by molar-refractivity contribution is 6.35. The van der Waals surface area contributed by atoms with Gasteiger partial charge in [-0.1, -0.05) is 23.2 Å². The first kappa shape index (κ1) is 15.6. The molecule has 1 unspecified atom stereocenters. The quantitative estimate of drug-likeness (QED) is 0.877. The van der Waals surface area contributed by atoms with Gasteiger partial charge in [0.05, 0.1) is 22.7 Å². The lowest BCUT2D eigenvalue weighted by Gasteiger charge is -2.29. The van der Waals surface area contributed by atoms with Crippen LogP contribution in [0.15, 0.2) is 18.2 Å². The van der Waals surface area contributed by atoms with Gasteiger partial charge in [-0.3, -0.25) is 4.79 Å². The van der Waals surface area contributed by atoms with E-state index in [2.05, 4.69) is 10.6 Å². The molecule has 0 aliphatic carbocycles. The Kier molecular flexibility index (Phi) is 5.27. The number of hydrogen-bond acceptors (Lipinski definition) is 3. The summed E-state index contributed by atoms with van der Waals surface area (Å²) in [6, 6.07) is 4.85. The molecule has 6 heteroatoms. The first-order valence-corrected chi connectivity index (χ1v) is 7.29. The molecule has 0 spiro atoms. The third-order valence-electron chi connectivity index (χ3n) is 3.51. The van der Waals surface area contributed by atoms with Crippen LogP contribution >= 0.6 is 23.2 Å². The molecule has 0 saturated carbocycles. The summed E-state index contributed by atoms with van der Waals surface area (Å²) in [5, 5.41) is 7.20. The highest BCUT2D eigenvalue weighted by atomic mass is 35.5. The highest BCUT2D eigenvalue weighted by Crippen LogP contribution is 2.22. The van der Waals surface area contributed by atoms with E-state index >= 15 is 0 Å². The topological polar surface area (TPSA) is 50.4 Å². The minimum absolute atomic E-state index is 0.185. The van der Waals surface area contributed by atoms with E-state index in [4.69, 9.17) is 27.9 Å². The van der Waals surface area contributed by atoms with E-state index in [-0.39, 0.29) is 11.4 Å². The van der Waals surface area contributed by atoms with Gasteiger partial charge in [0.1, 0.15) is 0 Å². The van der Waals surface area contributed by atoms with Gasteiger partial charge < -0.3 is 15.4 Å². The predicted octanol–water partition coefficient (Wildman–Crippen LogP) is 2.49. The molecule has 1 saturated heterocycles. The summed E-state index contributed by atoms with van der Waals surface area (Å²) >= 11 is 11.9. The number of hydrogen-bond donors (Lipinski definition) is 2. The molecule has 2 N–H and O–H groups in total. The van der Waals surface area contributed by atoms with Crippen LogP contribution in [0.1, 0.15) is 23.2 Å². The molecule has 2 rings (SSSR count). The molecule has 1 aliphatic rings. The number of nitrogens with one attached hydrogen (secondary N) is 2. The Morgan fingerprint density at radius 1 is 1.50 bits per heavy atom. The van der Waals surface area contributed by atoms with E-state index in [1.807, 2.05) is 0 Å². The summed E-state index contributed by atoms with van der Waals surface area (Å²) in [4.78, 5) is 12.2. The second-order valence-corrected chi connectivity index (χ2v) is 5.89. The van der Waals surface area contributed by atoms with Gasteiger partial charge in [0.25, 0.3) is 5.91 Å². The van der Waals surface area contributed by atoms with Crippen LogP contribution < -0.4 is 10.6 Å². The fourth-order valence-corrected chi connectivity index (χ4v) is 2.86. The van der Waals surface area contributed by atoms with Crippen molar-refractivity contribution in [1.82, 2.24) is 10.6 Å². The van der Waals surface area contributed by atoms with Crippen LogP contribution in [0.4, 0.5) is 0 Å². The Labute approximate surface area is 128 Å². The molecule has 1 fully saturated rings. The maximum atomic E-state index is 12.2. The normalized spacial score (nSPS) is 21.9. The summed E-state index contributed by atoms with van der Waals surface area (Å²) in [5.41, 5.74) is 0.208. The number of amides is 1. The zero-order valence-corrected chi connectivity index (χ0v) is 12.9. The average molecular weight is 317 g/mol. The molecule has 1 aliphatic heterocycles. The minimum atomic E-state index is -0.221. The number of halogens is 2. The van der Waals surface area contributed by atoms with E-state index in [9.17, 15) is 4.79 Å². The van der Waals surface area contributed by atoms with E-state index in [1.165, 1.54) is 0 Å². The van der Waals surface area contributed by atoms with E-state index in [1.54, 1.807) is 25.3 Å². The smallest absolute Gasteiger partial charge is 0.252 e. The van der Waals surface area contributed by atoms with Gasteiger partial charge in [-0.05, 0) is 37.6 Å². The van der Waals surface area contributed by atoms with E-state index in [0.29, 0.717) is 28.8 Å². The molecular formula is C14H18Cl2N2O2. The van der Waals surface area contributed by atoms with Crippen molar-refractivity contribution in [3.63, 3.8) is 0 Å². The third kappa shape index (κ3) is 3.64. The van der Waals surface area contributed by atoms with Crippen LogP contribution in [0, 0.1) is 0 Å². The van der Waals surface area contributed by atoms with Gasteiger partial charge in [-0.15, -0.1) is 0 Å². The number of carbonyl (C=O) groups is 1. The van der Waals surface area contributed by atoms with Crippen LogP contribution in [0.5, 0.6) is 0 Å². The van der Waals surface area contributed by atoms with Crippen molar-refractivity contribution >= 4 is 29.1 Å². The van der Waals surface area contributed by atoms with Gasteiger partial charge in [0, 0.05) is 18.7 Å². The Bertz CT molecular complexity index is 488. The fraction of sp³-hybridized carbons (Fsp3) is 0.500. The lowest BCUT2D eigenvalue weighted by molar-refractivity contribution is 0.0892. The van der Waals surface area contributed by atoms with Crippen LogP contribution in [-0.4, -0.2) is 38.3 Å². The lowest BCUT2D eigenvalue weighted by atomic mass is 9.98. The summed E-state index contributed by atoms with van der Waals surface area (Å²) < 4.78 is 5.25. The van der Waals surface area contributed by atoms with Gasteiger partial charge in [-0.2, -0.15) is 0 Å². The molecule has 1 heterocycles. The Balaban J connectivity index is 2.02. The van der Waals surface area contributed by atoms with Crippen molar-refractivity contribution in [2.75, 3.05) is 26.8 Å². The van der Waals surface area contributed by atoms with Gasteiger partial charge in [-0.25, -0.2) is 0 Å². The van der Waals surface area contributed by atoms with Gasteiger partial charge in [0.15, 0.2) is 0 Å². The number of benzene rings is 1. The van der Waals surface area contributed by atoms with Crippen molar-refractivity contribution in [1.29, 1.82) is 0 Å². The SMILES string of the molecule is COCC1(CNC(=O)c2cc(Cl)ccc2Cl)CCCN1. The Hall–Kier alpha value is -0.810. The van der Waals surface area contributed by atoms with Crippen molar-refractivity contribution in [2.45, 2.75) is 18.4 Å². The third-order valence-corrected chi connectivity index (χ3v) is 4.08. The molecular weight excluding hydrogens is 299 g/mol. The molecule has 0 bridgehead atoms. The molecule has 1 atom stereocenters. The molecule has 20 heavy (non-hydrogen) atoms. The van der Waals surface area contributed by atoms with Crippen molar-refractivity contribution < 1.29 is 9.53 Å². The molecule has 4 nitrogen and oxygen atoms in total. The molecule has 110 valence electrons. The second-order valence-electron chi connectivity index (χ2n) is 5.05. The summed E-state index contributed by atoms with van der Waals surface area (Å²) in [7, 11) is 1.66. The lowest BCUT2D eigenvalue weighted by Crippen LogP contribution is -2.53. The van der Waals surface area contributed by atoms with Gasteiger partial charge in [0.2, 0.25) is 0 Å². The first-order chi connectivity index (χ1) is 9.56. The minimum Gasteiger partial charge on any atom is -0.383 e. The maximum absolute atomic E-state index is 12.2. The summed E-state index contributed by atoms with van der Waals surface area (Å²) in [6.45, 7) is 2.01. The van der Waals surface area contributed by atoms with Gasteiger partial charge >= 0.3 is 0 Å². The zero-order valence-electron chi connectivity index (χ0n) is 11.3. The Morgan fingerprint density at radius 3 is 2.95 bits per heavy atom. The van der Waals surface area contributed by atoms with Crippen LogP contribution in [0.2, 0.25) is 10.0 Å². The first-order valence-electron chi connectivity index (χ1n) is 6.53. The molecule has 0 radical (unpaired) electrons. The van der Waals surface area contributed by atoms with Crippen LogP contribution in [0.25, 0.3) is 0 Å².